The molecule has 2 nitrogen and oxygen atoms in total. The lowest BCUT2D eigenvalue weighted by molar-refractivity contribution is 0.0407. The van der Waals surface area contributed by atoms with Crippen molar-refractivity contribution in [1.82, 2.24) is 0 Å². The molecule has 0 N–H and O–H groups in total. The molecule has 0 fully saturated rings. The molecule has 1 aromatic carbocycles. The average molecular weight is 191 g/mol. The number of carbonyl (C=O) groups is 1. The van der Waals surface area contributed by atoms with Crippen LogP contribution in [0.3, 0.4) is 0 Å². The molecule has 0 aliphatic carbocycles. The van der Waals surface area contributed by atoms with E-state index in [0.29, 0.717) is 5.56 Å². The second-order valence-electron chi connectivity index (χ2n) is 3.26. The highest BCUT2D eigenvalue weighted by Gasteiger charge is 2.11. The van der Waals surface area contributed by atoms with E-state index in [9.17, 15) is 4.79 Å². The standard InChI is InChI=1S/C12H14O2/c1-9(2)10(3)14-12(13)11-7-5-4-6-8-11/h4-8,10H,1H2,2-3H3/i3+1. The van der Waals surface area contributed by atoms with Crippen LogP contribution in [-0.2, 0) is 4.74 Å². The summed E-state index contributed by atoms with van der Waals surface area (Å²) in [5.74, 6) is -0.305. The molecule has 1 unspecified atom stereocenters. The largest absolute Gasteiger partial charge is 0.455 e. The van der Waals surface area contributed by atoms with Crippen molar-refractivity contribution in [2.75, 3.05) is 0 Å². The summed E-state index contributed by atoms with van der Waals surface area (Å²) in [6.07, 6.45) is -0.234. The Morgan fingerprint density at radius 2 is 1.93 bits per heavy atom. The van der Waals surface area contributed by atoms with Crippen LogP contribution in [0.25, 0.3) is 0 Å². The van der Waals surface area contributed by atoms with E-state index in [2.05, 4.69) is 6.58 Å². The van der Waals surface area contributed by atoms with E-state index in [-0.39, 0.29) is 12.1 Å². The molecule has 14 heavy (non-hydrogen) atoms. The molecule has 0 aromatic heterocycles. The van der Waals surface area contributed by atoms with Gasteiger partial charge in [-0.2, -0.15) is 0 Å². The van der Waals surface area contributed by atoms with Crippen LogP contribution in [0.4, 0.5) is 0 Å². The molecule has 0 radical (unpaired) electrons. The van der Waals surface area contributed by atoms with Gasteiger partial charge in [-0.3, -0.25) is 0 Å². The number of hydrogen-bond donors (Lipinski definition) is 0. The number of benzene rings is 1. The molecule has 0 bridgehead atoms. The Balaban J connectivity index is 2.64. The zero-order chi connectivity index (χ0) is 10.6. The quantitative estimate of drug-likeness (QED) is 0.417. The van der Waals surface area contributed by atoms with Gasteiger partial charge in [0.25, 0.3) is 0 Å². The van der Waals surface area contributed by atoms with E-state index in [1.54, 1.807) is 12.1 Å². The van der Waals surface area contributed by atoms with E-state index in [0.717, 1.165) is 5.57 Å². The minimum Gasteiger partial charge on any atom is -0.455 e. The van der Waals surface area contributed by atoms with Crippen LogP contribution in [0.1, 0.15) is 24.2 Å². The molecule has 1 aromatic rings. The fourth-order valence-corrected chi connectivity index (χ4v) is 0.903. The highest BCUT2D eigenvalue weighted by molar-refractivity contribution is 5.89. The summed E-state index contributed by atoms with van der Waals surface area (Å²) >= 11 is 0. The number of hydrogen-bond acceptors (Lipinski definition) is 2. The van der Waals surface area contributed by atoms with Gasteiger partial charge in [0.1, 0.15) is 6.10 Å². The van der Waals surface area contributed by atoms with E-state index in [1.807, 2.05) is 32.0 Å². The zero-order valence-electron chi connectivity index (χ0n) is 8.49. The zero-order valence-corrected chi connectivity index (χ0v) is 8.49. The van der Waals surface area contributed by atoms with Crippen LogP contribution >= 0.6 is 0 Å². The minimum absolute atomic E-state index is 0.234. The van der Waals surface area contributed by atoms with Gasteiger partial charge in [-0.1, -0.05) is 24.8 Å². The van der Waals surface area contributed by atoms with Crippen molar-refractivity contribution < 1.29 is 9.53 Å². The Bertz CT molecular complexity index is 327. The highest BCUT2D eigenvalue weighted by atomic mass is 16.5. The van der Waals surface area contributed by atoms with Crippen molar-refractivity contribution >= 4 is 5.97 Å². The van der Waals surface area contributed by atoms with Crippen molar-refractivity contribution in [3.8, 4) is 0 Å². The maximum atomic E-state index is 11.5. The molecule has 0 aliphatic rings. The van der Waals surface area contributed by atoms with Crippen molar-refractivity contribution in [1.29, 1.82) is 0 Å². The van der Waals surface area contributed by atoms with Crippen molar-refractivity contribution in [3.63, 3.8) is 0 Å². The van der Waals surface area contributed by atoms with E-state index < -0.39 is 0 Å². The minimum atomic E-state index is -0.305. The molecule has 0 aliphatic heterocycles. The first-order chi connectivity index (χ1) is 6.61. The topological polar surface area (TPSA) is 26.3 Å². The van der Waals surface area contributed by atoms with Crippen molar-refractivity contribution in [2.24, 2.45) is 0 Å². The first-order valence-electron chi connectivity index (χ1n) is 4.52. The summed E-state index contributed by atoms with van der Waals surface area (Å²) in [7, 11) is 0. The molecule has 1 rings (SSSR count). The fourth-order valence-electron chi connectivity index (χ4n) is 0.903. The lowest BCUT2D eigenvalue weighted by Crippen LogP contribution is -2.15. The molecule has 74 valence electrons. The lowest BCUT2D eigenvalue weighted by Gasteiger charge is -2.12. The normalized spacial score (nSPS) is 11.9. The van der Waals surface area contributed by atoms with Gasteiger partial charge in [0.2, 0.25) is 0 Å². The summed E-state index contributed by atoms with van der Waals surface area (Å²) in [6.45, 7) is 7.37. The Labute approximate surface area is 84.2 Å². The summed E-state index contributed by atoms with van der Waals surface area (Å²) in [4.78, 5) is 11.5. The fraction of sp³-hybridized carbons (Fsp3) is 0.250. The van der Waals surface area contributed by atoms with Gasteiger partial charge >= 0.3 is 5.97 Å². The monoisotopic (exact) mass is 191 g/mol. The predicted octanol–water partition coefficient (Wildman–Crippen LogP) is 2.81. The van der Waals surface area contributed by atoms with E-state index in [1.165, 1.54) is 0 Å². The molecular formula is C12H14O2. The maximum absolute atomic E-state index is 11.5. The van der Waals surface area contributed by atoms with Crippen LogP contribution < -0.4 is 0 Å². The van der Waals surface area contributed by atoms with Crippen LogP contribution in [0.2, 0.25) is 0 Å². The average Bonchev–Trinajstić information content (AvgIpc) is 2.19. The van der Waals surface area contributed by atoms with Crippen LogP contribution in [0.5, 0.6) is 0 Å². The molecule has 1 atom stereocenters. The Hall–Kier alpha value is -1.57. The highest BCUT2D eigenvalue weighted by Crippen LogP contribution is 2.07. The summed E-state index contributed by atoms with van der Waals surface area (Å²) in [6, 6.07) is 8.93. The Kier molecular flexibility index (Phi) is 3.46. The number of esters is 1. The van der Waals surface area contributed by atoms with Crippen molar-refractivity contribution in [2.45, 2.75) is 20.0 Å². The molecule has 0 amide bonds. The Morgan fingerprint density at radius 1 is 1.36 bits per heavy atom. The van der Waals surface area contributed by atoms with Gasteiger partial charge in [-0.25, -0.2) is 4.79 Å². The molecule has 0 spiro atoms. The third kappa shape index (κ3) is 2.73. The molecular weight excluding hydrogens is 177 g/mol. The number of rotatable bonds is 3. The SMILES string of the molecule is C=C(C)C([13CH3])OC(=O)c1ccccc1. The summed E-state index contributed by atoms with van der Waals surface area (Å²) < 4.78 is 5.16. The second kappa shape index (κ2) is 4.61. The van der Waals surface area contributed by atoms with Gasteiger partial charge in [0.15, 0.2) is 0 Å². The lowest BCUT2D eigenvalue weighted by atomic mass is 10.2. The maximum Gasteiger partial charge on any atom is 0.338 e. The smallest absolute Gasteiger partial charge is 0.338 e. The van der Waals surface area contributed by atoms with Crippen LogP contribution in [-0.4, -0.2) is 12.1 Å². The van der Waals surface area contributed by atoms with E-state index >= 15 is 0 Å². The summed E-state index contributed by atoms with van der Waals surface area (Å²) in [5.41, 5.74) is 1.41. The molecule has 0 heterocycles. The third-order valence-corrected chi connectivity index (χ3v) is 1.99. The Morgan fingerprint density at radius 3 is 2.43 bits per heavy atom. The summed E-state index contributed by atoms with van der Waals surface area (Å²) in [5, 5.41) is 0. The third-order valence-electron chi connectivity index (χ3n) is 1.99. The van der Waals surface area contributed by atoms with E-state index in [4.69, 9.17) is 4.74 Å². The second-order valence-corrected chi connectivity index (χ2v) is 3.26. The van der Waals surface area contributed by atoms with Crippen LogP contribution in [0, 0.1) is 0 Å². The van der Waals surface area contributed by atoms with Gasteiger partial charge in [-0.15, -0.1) is 0 Å². The van der Waals surface area contributed by atoms with Gasteiger partial charge in [0, 0.05) is 0 Å². The number of ether oxygens (including phenoxy) is 1. The van der Waals surface area contributed by atoms with Gasteiger partial charge < -0.3 is 4.74 Å². The predicted molar refractivity (Wildman–Crippen MR) is 56.1 cm³/mol. The first kappa shape index (κ1) is 10.5. The first-order valence-corrected chi connectivity index (χ1v) is 4.52. The number of carbonyl (C=O) groups excluding carboxylic acids is 1. The van der Waals surface area contributed by atoms with Gasteiger partial charge in [-0.05, 0) is 31.6 Å². The van der Waals surface area contributed by atoms with Crippen molar-refractivity contribution in [3.05, 3.63) is 48.0 Å². The van der Waals surface area contributed by atoms with Gasteiger partial charge in [0.05, 0.1) is 5.56 Å². The molecule has 0 saturated heterocycles. The molecule has 0 saturated carbocycles. The molecule has 2 heteroatoms. The van der Waals surface area contributed by atoms with Crippen LogP contribution in [0.15, 0.2) is 42.5 Å².